The summed E-state index contributed by atoms with van der Waals surface area (Å²) in [6.45, 7) is 6.79. The first kappa shape index (κ1) is 16.7. The van der Waals surface area contributed by atoms with Gasteiger partial charge in [0.1, 0.15) is 5.52 Å². The third kappa shape index (κ3) is 3.30. The maximum Gasteiger partial charge on any atom is 0.254 e. The van der Waals surface area contributed by atoms with E-state index in [1.54, 1.807) is 0 Å². The van der Waals surface area contributed by atoms with E-state index >= 15 is 0 Å². The van der Waals surface area contributed by atoms with Crippen LogP contribution in [0.5, 0.6) is 0 Å². The van der Waals surface area contributed by atoms with E-state index in [1.807, 2.05) is 59.1 Å². The lowest BCUT2D eigenvalue weighted by Gasteiger charge is -2.34. The fourth-order valence-corrected chi connectivity index (χ4v) is 3.35. The molecule has 0 N–H and O–H groups in total. The van der Waals surface area contributed by atoms with Crippen molar-refractivity contribution in [1.82, 2.24) is 29.8 Å². The van der Waals surface area contributed by atoms with Crippen molar-refractivity contribution < 1.29 is 4.79 Å². The average Bonchev–Trinajstić information content (AvgIpc) is 3.11. The Kier molecular flexibility index (Phi) is 4.62. The molecule has 0 unspecified atom stereocenters. The molecule has 0 aliphatic carbocycles. The molecule has 0 bridgehead atoms. The molecule has 0 radical (unpaired) electrons. The second-order valence-electron chi connectivity index (χ2n) is 6.50. The van der Waals surface area contributed by atoms with E-state index in [0.717, 1.165) is 56.0 Å². The minimum absolute atomic E-state index is 0.0652. The first-order valence-corrected chi connectivity index (χ1v) is 8.99. The molecule has 1 amide bonds. The highest BCUT2D eigenvalue weighted by Crippen LogP contribution is 2.16. The number of carbonyl (C=O) groups is 1. The Morgan fingerprint density at radius 1 is 1.12 bits per heavy atom. The van der Waals surface area contributed by atoms with Gasteiger partial charge in [0.05, 0.1) is 11.2 Å². The highest BCUT2D eigenvalue weighted by atomic mass is 16.2. The summed E-state index contributed by atoms with van der Waals surface area (Å²) < 4.78 is 1.83. The zero-order chi connectivity index (χ0) is 17.9. The quantitative estimate of drug-likeness (QED) is 0.718. The van der Waals surface area contributed by atoms with Crippen LogP contribution < -0.4 is 0 Å². The number of carbonyl (C=O) groups excluding carboxylic acids is 1. The number of hydrogen-bond donors (Lipinski definition) is 0. The van der Waals surface area contributed by atoms with Crippen molar-refractivity contribution in [3.8, 4) is 0 Å². The number of aryl methyl sites for hydroxylation is 1. The SMILES string of the molecule is CCn1nnc2cc(C(=O)N3CCN(Cc4ccccn4)CC3)ccc21. The molecule has 1 fully saturated rings. The van der Waals surface area contributed by atoms with Gasteiger partial charge in [-0.2, -0.15) is 0 Å². The van der Waals surface area contributed by atoms with E-state index in [1.165, 1.54) is 0 Å². The number of hydrogen-bond acceptors (Lipinski definition) is 5. The minimum atomic E-state index is 0.0652. The van der Waals surface area contributed by atoms with Gasteiger partial charge in [-0.1, -0.05) is 11.3 Å². The normalized spacial score (nSPS) is 15.5. The van der Waals surface area contributed by atoms with Gasteiger partial charge in [-0.3, -0.25) is 14.7 Å². The molecule has 1 aromatic carbocycles. The Morgan fingerprint density at radius 3 is 2.69 bits per heavy atom. The van der Waals surface area contributed by atoms with Crippen molar-refractivity contribution in [3.05, 3.63) is 53.9 Å². The van der Waals surface area contributed by atoms with E-state index in [9.17, 15) is 4.79 Å². The summed E-state index contributed by atoms with van der Waals surface area (Å²) in [6, 6.07) is 11.6. The van der Waals surface area contributed by atoms with Crippen LogP contribution in [-0.4, -0.2) is 61.9 Å². The van der Waals surface area contributed by atoms with E-state index in [0.29, 0.717) is 5.56 Å². The second-order valence-corrected chi connectivity index (χ2v) is 6.50. The third-order valence-corrected chi connectivity index (χ3v) is 4.83. The average molecular weight is 350 g/mol. The number of amides is 1. The summed E-state index contributed by atoms with van der Waals surface area (Å²) in [7, 11) is 0. The van der Waals surface area contributed by atoms with Crippen molar-refractivity contribution in [3.63, 3.8) is 0 Å². The maximum absolute atomic E-state index is 12.8. The van der Waals surface area contributed by atoms with Crippen LogP contribution >= 0.6 is 0 Å². The zero-order valence-corrected chi connectivity index (χ0v) is 14.9. The molecule has 7 nitrogen and oxygen atoms in total. The molecule has 26 heavy (non-hydrogen) atoms. The summed E-state index contributed by atoms with van der Waals surface area (Å²) in [6.07, 6.45) is 1.82. The Labute approximate surface area is 152 Å². The molecular weight excluding hydrogens is 328 g/mol. The lowest BCUT2D eigenvalue weighted by atomic mass is 10.1. The van der Waals surface area contributed by atoms with E-state index in [4.69, 9.17) is 0 Å². The van der Waals surface area contributed by atoms with Crippen LogP contribution in [0.3, 0.4) is 0 Å². The highest BCUT2D eigenvalue weighted by molar-refractivity contribution is 5.97. The van der Waals surface area contributed by atoms with Crippen molar-refractivity contribution in [2.45, 2.75) is 20.0 Å². The van der Waals surface area contributed by atoms with Crippen LogP contribution in [-0.2, 0) is 13.1 Å². The van der Waals surface area contributed by atoms with E-state index in [-0.39, 0.29) is 5.91 Å². The minimum Gasteiger partial charge on any atom is -0.336 e. The van der Waals surface area contributed by atoms with Gasteiger partial charge in [-0.05, 0) is 37.3 Å². The second kappa shape index (κ2) is 7.21. The van der Waals surface area contributed by atoms with Crippen molar-refractivity contribution in [1.29, 1.82) is 0 Å². The van der Waals surface area contributed by atoms with Crippen molar-refractivity contribution in [2.24, 2.45) is 0 Å². The van der Waals surface area contributed by atoms with Gasteiger partial charge >= 0.3 is 0 Å². The molecule has 134 valence electrons. The monoisotopic (exact) mass is 350 g/mol. The predicted octanol–water partition coefficient (Wildman–Crippen LogP) is 1.80. The van der Waals surface area contributed by atoms with Gasteiger partial charge in [-0.15, -0.1) is 5.10 Å². The Morgan fingerprint density at radius 2 is 1.96 bits per heavy atom. The Balaban J connectivity index is 1.40. The molecular formula is C19H22N6O. The zero-order valence-electron chi connectivity index (χ0n) is 14.9. The Hall–Kier alpha value is -2.80. The molecule has 0 saturated carbocycles. The van der Waals surface area contributed by atoms with Gasteiger partial charge in [0.15, 0.2) is 0 Å². The van der Waals surface area contributed by atoms with Crippen LogP contribution in [0.1, 0.15) is 23.0 Å². The predicted molar refractivity (Wildman–Crippen MR) is 98.6 cm³/mol. The van der Waals surface area contributed by atoms with Gasteiger partial charge in [0.25, 0.3) is 5.91 Å². The number of aromatic nitrogens is 4. The number of rotatable bonds is 4. The fraction of sp³-hybridized carbons (Fsp3) is 0.368. The molecule has 1 aliphatic rings. The smallest absolute Gasteiger partial charge is 0.254 e. The van der Waals surface area contributed by atoms with Gasteiger partial charge < -0.3 is 4.90 Å². The lowest BCUT2D eigenvalue weighted by molar-refractivity contribution is 0.0627. The molecule has 0 spiro atoms. The molecule has 4 rings (SSSR count). The number of piperazine rings is 1. The largest absolute Gasteiger partial charge is 0.336 e. The molecule has 3 aromatic rings. The van der Waals surface area contributed by atoms with Gasteiger partial charge in [0, 0.05) is 51.0 Å². The first-order valence-electron chi connectivity index (χ1n) is 8.99. The lowest BCUT2D eigenvalue weighted by Crippen LogP contribution is -2.48. The maximum atomic E-state index is 12.8. The van der Waals surface area contributed by atoms with Crippen LogP contribution in [0.2, 0.25) is 0 Å². The summed E-state index contributed by atoms with van der Waals surface area (Å²) in [4.78, 5) is 21.5. The van der Waals surface area contributed by atoms with E-state index in [2.05, 4.69) is 20.2 Å². The number of benzene rings is 1. The molecule has 1 aliphatic heterocycles. The van der Waals surface area contributed by atoms with Crippen molar-refractivity contribution in [2.75, 3.05) is 26.2 Å². The third-order valence-electron chi connectivity index (χ3n) is 4.83. The summed E-state index contributed by atoms with van der Waals surface area (Å²) in [5.41, 5.74) is 3.48. The van der Waals surface area contributed by atoms with Gasteiger partial charge in [0.2, 0.25) is 0 Å². The number of pyridine rings is 1. The molecule has 7 heteroatoms. The van der Waals surface area contributed by atoms with E-state index < -0.39 is 0 Å². The fourth-order valence-electron chi connectivity index (χ4n) is 3.35. The van der Waals surface area contributed by atoms with Crippen LogP contribution in [0.25, 0.3) is 11.0 Å². The van der Waals surface area contributed by atoms with Crippen LogP contribution in [0, 0.1) is 0 Å². The highest BCUT2D eigenvalue weighted by Gasteiger charge is 2.23. The molecule has 3 heterocycles. The topological polar surface area (TPSA) is 67.2 Å². The summed E-state index contributed by atoms with van der Waals surface area (Å²) in [5, 5.41) is 8.27. The Bertz CT molecular complexity index is 899. The van der Waals surface area contributed by atoms with Crippen LogP contribution in [0.4, 0.5) is 0 Å². The number of nitrogens with zero attached hydrogens (tertiary/aromatic N) is 6. The first-order chi connectivity index (χ1) is 12.7. The summed E-state index contributed by atoms with van der Waals surface area (Å²) >= 11 is 0. The summed E-state index contributed by atoms with van der Waals surface area (Å²) in [5.74, 6) is 0.0652. The van der Waals surface area contributed by atoms with Gasteiger partial charge in [-0.25, -0.2) is 4.68 Å². The number of fused-ring (bicyclic) bond motifs is 1. The molecule has 2 aromatic heterocycles. The molecule has 0 atom stereocenters. The molecule has 1 saturated heterocycles. The van der Waals surface area contributed by atoms with Crippen LogP contribution in [0.15, 0.2) is 42.6 Å². The van der Waals surface area contributed by atoms with Crippen molar-refractivity contribution >= 4 is 16.9 Å². The standard InChI is InChI=1S/C19H22N6O/c1-2-25-18-7-6-15(13-17(18)21-22-25)19(26)24-11-9-23(10-12-24)14-16-5-3-4-8-20-16/h3-8,13H,2,9-12,14H2,1H3.